The predicted molar refractivity (Wildman–Crippen MR) is 82.5 cm³/mol. The molecule has 9 heteroatoms. The molecule has 118 valence electrons. The summed E-state index contributed by atoms with van der Waals surface area (Å²) in [6.45, 7) is 1.44. The number of nitro groups is 1. The number of carbonyl (C=O) groups excluding carboxylic acids is 2. The van der Waals surface area contributed by atoms with Crippen LogP contribution in [0.5, 0.6) is 0 Å². The van der Waals surface area contributed by atoms with Crippen LogP contribution in [0.3, 0.4) is 0 Å². The molecule has 0 heterocycles. The lowest BCUT2D eigenvalue weighted by molar-refractivity contribution is -0.385. The maximum atomic E-state index is 12.0. The second-order valence-electron chi connectivity index (χ2n) is 4.45. The average Bonchev–Trinajstić information content (AvgIpc) is 2.46. The zero-order valence-corrected chi connectivity index (χ0v) is 13.1. The number of aryl methyl sites for hydroxylation is 1. The summed E-state index contributed by atoms with van der Waals surface area (Å²) in [5.41, 5.74) is 0.533. The van der Waals surface area contributed by atoms with Gasteiger partial charge in [0.1, 0.15) is 6.54 Å². The van der Waals surface area contributed by atoms with Crippen molar-refractivity contribution in [2.75, 3.05) is 20.7 Å². The topological polar surface area (TPSA) is 102 Å². The van der Waals surface area contributed by atoms with Gasteiger partial charge in [-0.3, -0.25) is 25.0 Å². The lowest BCUT2D eigenvalue weighted by Gasteiger charge is -2.18. The monoisotopic (exact) mass is 325 g/mol. The normalized spacial score (nSPS) is 9.77. The molecule has 1 aromatic carbocycles. The number of carbonyl (C=O) groups is 2. The van der Waals surface area contributed by atoms with Gasteiger partial charge < -0.3 is 9.64 Å². The van der Waals surface area contributed by atoms with E-state index in [9.17, 15) is 19.7 Å². The van der Waals surface area contributed by atoms with E-state index in [1.54, 1.807) is 0 Å². The van der Waals surface area contributed by atoms with Gasteiger partial charge in [-0.1, -0.05) is 0 Å². The number of nitrogens with zero attached hydrogens (tertiary/aromatic N) is 2. The Hall–Kier alpha value is -2.55. The molecular formula is C13H15N3O5S. The van der Waals surface area contributed by atoms with Gasteiger partial charge in [-0.15, -0.1) is 0 Å². The van der Waals surface area contributed by atoms with Crippen molar-refractivity contribution in [2.24, 2.45) is 0 Å². The molecule has 1 amide bonds. The Bertz CT molecular complexity index is 632. The number of hydrogen-bond acceptors (Lipinski definition) is 6. The molecule has 0 radical (unpaired) electrons. The van der Waals surface area contributed by atoms with Crippen LogP contribution in [0.4, 0.5) is 5.69 Å². The molecule has 0 aliphatic heterocycles. The predicted octanol–water partition coefficient (Wildman–Crippen LogP) is 1.02. The first-order valence-corrected chi connectivity index (χ1v) is 6.55. The smallest absolute Gasteiger partial charge is 0.325 e. The van der Waals surface area contributed by atoms with Crippen molar-refractivity contribution in [1.29, 1.82) is 0 Å². The van der Waals surface area contributed by atoms with E-state index >= 15 is 0 Å². The summed E-state index contributed by atoms with van der Waals surface area (Å²) < 4.78 is 4.50. The molecule has 22 heavy (non-hydrogen) atoms. The molecule has 0 unspecified atom stereocenters. The molecule has 0 bridgehead atoms. The lowest BCUT2D eigenvalue weighted by Crippen LogP contribution is -2.42. The van der Waals surface area contributed by atoms with E-state index in [4.69, 9.17) is 12.2 Å². The molecular weight excluding hydrogens is 310 g/mol. The van der Waals surface area contributed by atoms with Gasteiger partial charge in [0.05, 0.1) is 12.0 Å². The van der Waals surface area contributed by atoms with Gasteiger partial charge in [-0.25, -0.2) is 0 Å². The highest BCUT2D eigenvalue weighted by Gasteiger charge is 2.16. The Morgan fingerprint density at radius 2 is 2.09 bits per heavy atom. The van der Waals surface area contributed by atoms with Gasteiger partial charge in [0.25, 0.3) is 11.6 Å². The van der Waals surface area contributed by atoms with Gasteiger partial charge in [-0.05, 0) is 31.3 Å². The zero-order chi connectivity index (χ0) is 16.9. The fraction of sp³-hybridized carbons (Fsp3) is 0.308. The number of thiocarbonyl (C=S) groups is 1. The molecule has 0 spiro atoms. The number of esters is 1. The second kappa shape index (κ2) is 7.46. The summed E-state index contributed by atoms with van der Waals surface area (Å²) in [5, 5.41) is 13.2. The number of amides is 1. The Labute approximate surface area is 132 Å². The lowest BCUT2D eigenvalue weighted by atomic mass is 10.1. The van der Waals surface area contributed by atoms with Crippen LogP contribution in [0.2, 0.25) is 0 Å². The Kier molecular flexibility index (Phi) is 5.93. The highest BCUT2D eigenvalue weighted by atomic mass is 32.1. The van der Waals surface area contributed by atoms with Crippen molar-refractivity contribution in [3.8, 4) is 0 Å². The minimum Gasteiger partial charge on any atom is -0.468 e. The van der Waals surface area contributed by atoms with Crippen molar-refractivity contribution in [1.82, 2.24) is 10.2 Å². The number of benzene rings is 1. The van der Waals surface area contributed by atoms with Crippen molar-refractivity contribution in [2.45, 2.75) is 6.92 Å². The largest absolute Gasteiger partial charge is 0.468 e. The Morgan fingerprint density at radius 1 is 1.45 bits per heavy atom. The Morgan fingerprint density at radius 3 is 2.59 bits per heavy atom. The third-order valence-corrected chi connectivity index (χ3v) is 3.23. The molecule has 0 aliphatic carbocycles. The number of rotatable bonds is 4. The van der Waals surface area contributed by atoms with E-state index in [0.717, 1.165) is 0 Å². The quantitative estimate of drug-likeness (QED) is 0.382. The molecule has 0 saturated heterocycles. The molecule has 1 aromatic rings. The maximum absolute atomic E-state index is 12.0. The van der Waals surface area contributed by atoms with Crippen LogP contribution in [-0.4, -0.2) is 47.5 Å². The number of hydrogen-bond donors (Lipinski definition) is 1. The molecule has 1 N–H and O–H groups in total. The van der Waals surface area contributed by atoms with Gasteiger partial charge >= 0.3 is 5.97 Å². The minimum absolute atomic E-state index is 0.0476. The maximum Gasteiger partial charge on any atom is 0.325 e. The van der Waals surface area contributed by atoms with Crippen LogP contribution in [-0.2, 0) is 9.53 Å². The van der Waals surface area contributed by atoms with Crippen LogP contribution < -0.4 is 5.32 Å². The van der Waals surface area contributed by atoms with Crippen molar-refractivity contribution >= 4 is 34.9 Å². The van der Waals surface area contributed by atoms with Crippen molar-refractivity contribution in [3.05, 3.63) is 39.4 Å². The minimum atomic E-state index is -0.522. The van der Waals surface area contributed by atoms with Crippen molar-refractivity contribution < 1.29 is 19.2 Å². The number of methoxy groups -OCH3 is 1. The summed E-state index contributed by atoms with van der Waals surface area (Å²) >= 11 is 5.00. The number of nitrogens with one attached hydrogen (secondary N) is 1. The fourth-order valence-electron chi connectivity index (χ4n) is 1.60. The molecule has 8 nitrogen and oxygen atoms in total. The fourth-order valence-corrected chi connectivity index (χ4v) is 1.75. The molecule has 0 fully saturated rings. The first kappa shape index (κ1) is 17.5. The second-order valence-corrected chi connectivity index (χ2v) is 4.84. The summed E-state index contributed by atoms with van der Waals surface area (Å²) in [6, 6.07) is 3.99. The van der Waals surface area contributed by atoms with Crippen LogP contribution >= 0.6 is 12.2 Å². The van der Waals surface area contributed by atoms with Crippen LogP contribution in [0, 0.1) is 17.0 Å². The highest BCUT2D eigenvalue weighted by Crippen LogP contribution is 2.18. The average molecular weight is 325 g/mol. The van der Waals surface area contributed by atoms with E-state index in [0.29, 0.717) is 5.56 Å². The summed E-state index contributed by atoms with van der Waals surface area (Å²) in [4.78, 5) is 34.7. The number of likely N-dealkylation sites (N-methyl/N-ethyl adjacent to an activating group) is 1. The first-order valence-electron chi connectivity index (χ1n) is 6.14. The molecule has 1 rings (SSSR count). The van der Waals surface area contributed by atoms with Crippen LogP contribution in [0.25, 0.3) is 0 Å². The summed E-state index contributed by atoms with van der Waals surface area (Å²) in [6.07, 6.45) is 0. The Balaban J connectivity index is 2.77. The SMILES string of the molecule is COC(=O)CN(C)C(=S)NC(=O)c1ccc([N+](=O)[O-])c(C)c1. The molecule has 0 atom stereocenters. The third-order valence-electron chi connectivity index (χ3n) is 2.82. The number of nitro benzene ring substituents is 1. The van der Waals surface area contributed by atoms with Gasteiger partial charge in [0.15, 0.2) is 5.11 Å². The highest BCUT2D eigenvalue weighted by molar-refractivity contribution is 7.80. The van der Waals surface area contributed by atoms with Gasteiger partial charge in [0.2, 0.25) is 0 Å². The van der Waals surface area contributed by atoms with E-state index in [1.165, 1.54) is 44.2 Å². The van der Waals surface area contributed by atoms with Gasteiger partial charge in [0, 0.05) is 24.2 Å². The third kappa shape index (κ3) is 4.48. The van der Waals surface area contributed by atoms with E-state index in [1.807, 2.05) is 0 Å². The van der Waals surface area contributed by atoms with Gasteiger partial charge in [-0.2, -0.15) is 0 Å². The van der Waals surface area contributed by atoms with Crippen LogP contribution in [0.15, 0.2) is 18.2 Å². The van der Waals surface area contributed by atoms with E-state index in [2.05, 4.69) is 10.1 Å². The van der Waals surface area contributed by atoms with Crippen LogP contribution in [0.1, 0.15) is 15.9 Å². The molecule has 0 saturated carbocycles. The molecule has 0 aromatic heterocycles. The number of ether oxygens (including phenoxy) is 1. The van der Waals surface area contributed by atoms with Crippen molar-refractivity contribution in [3.63, 3.8) is 0 Å². The standard InChI is InChI=1S/C13H15N3O5S/c1-8-6-9(4-5-10(8)16(19)20)12(18)14-13(22)15(2)7-11(17)21-3/h4-6H,7H2,1-3H3,(H,14,18,22). The summed E-state index contributed by atoms with van der Waals surface area (Å²) in [5.74, 6) is -1.01. The zero-order valence-electron chi connectivity index (χ0n) is 12.3. The van der Waals surface area contributed by atoms with E-state index < -0.39 is 16.8 Å². The van der Waals surface area contributed by atoms with E-state index in [-0.39, 0.29) is 22.9 Å². The molecule has 0 aliphatic rings. The first-order chi connectivity index (χ1) is 10.3. The summed E-state index contributed by atoms with van der Waals surface area (Å²) in [7, 11) is 2.78.